The molecule has 2 aromatic rings. The molecule has 0 spiro atoms. The van der Waals surface area contributed by atoms with E-state index >= 15 is 0 Å². The third-order valence-electron chi connectivity index (χ3n) is 2.46. The predicted molar refractivity (Wildman–Crippen MR) is 67.6 cm³/mol. The minimum Gasteiger partial charge on any atom is -0.358 e. The van der Waals surface area contributed by atoms with Crippen LogP contribution in [0, 0.1) is 10.1 Å². The minimum absolute atomic E-state index is 0.146. The Balaban J connectivity index is 2.20. The molecule has 0 saturated heterocycles. The summed E-state index contributed by atoms with van der Waals surface area (Å²) in [5.74, 6) is -0.146. The van der Waals surface area contributed by atoms with Crippen molar-refractivity contribution in [3.05, 3.63) is 52.2 Å². The van der Waals surface area contributed by atoms with Gasteiger partial charge in [0.05, 0.1) is 23.0 Å². The molecule has 2 rings (SSSR count). The van der Waals surface area contributed by atoms with Gasteiger partial charge in [0, 0.05) is 6.54 Å². The van der Waals surface area contributed by atoms with Crippen LogP contribution in [0.25, 0.3) is 5.69 Å². The fourth-order valence-corrected chi connectivity index (χ4v) is 1.67. The molecule has 0 amide bonds. The maximum Gasteiger partial charge on any atom is 0.390 e. The van der Waals surface area contributed by atoms with Gasteiger partial charge in [-0.05, 0) is 36.7 Å². The highest BCUT2D eigenvalue weighted by molar-refractivity contribution is 5.35. The molecule has 0 radical (unpaired) electrons. The Bertz CT molecular complexity index is 545. The Morgan fingerprint density at radius 2 is 1.94 bits per heavy atom. The van der Waals surface area contributed by atoms with E-state index in [-0.39, 0.29) is 5.82 Å². The zero-order valence-electron chi connectivity index (χ0n) is 10.3. The Kier molecular flexibility index (Phi) is 3.38. The van der Waals surface area contributed by atoms with Gasteiger partial charge < -0.3 is 15.0 Å². The largest absolute Gasteiger partial charge is 0.390 e. The summed E-state index contributed by atoms with van der Waals surface area (Å²) < 4.78 is 1.50. The Morgan fingerprint density at radius 1 is 1.28 bits per heavy atom. The number of hydrogen-bond donors (Lipinski definition) is 0. The summed E-state index contributed by atoms with van der Waals surface area (Å²) in [6.45, 7) is 0.861. The molecule has 6 heteroatoms. The van der Waals surface area contributed by atoms with E-state index < -0.39 is 4.92 Å². The van der Waals surface area contributed by atoms with Crippen molar-refractivity contribution in [1.82, 2.24) is 14.7 Å². The van der Waals surface area contributed by atoms with Crippen molar-refractivity contribution in [3.63, 3.8) is 0 Å². The van der Waals surface area contributed by atoms with E-state index in [0.717, 1.165) is 12.2 Å². The van der Waals surface area contributed by atoms with Gasteiger partial charge in [0.1, 0.15) is 0 Å². The van der Waals surface area contributed by atoms with Gasteiger partial charge in [-0.2, -0.15) is 0 Å². The van der Waals surface area contributed by atoms with Crippen LogP contribution in [0.15, 0.2) is 36.5 Å². The highest BCUT2D eigenvalue weighted by Crippen LogP contribution is 2.13. The van der Waals surface area contributed by atoms with Crippen molar-refractivity contribution < 1.29 is 4.92 Å². The standard InChI is InChI=1S/C12H14N4O2/c1-14(2)9-10-3-5-11(6-4-10)15-8-7-12(13-15)16(17)18/h3-8H,9H2,1-2H3. The second kappa shape index (κ2) is 4.97. The van der Waals surface area contributed by atoms with Gasteiger partial charge in [0.15, 0.2) is 0 Å². The molecule has 0 aliphatic rings. The molecule has 1 aromatic heterocycles. The van der Waals surface area contributed by atoms with E-state index in [2.05, 4.69) is 10.00 Å². The van der Waals surface area contributed by atoms with E-state index in [0.29, 0.717) is 0 Å². The smallest absolute Gasteiger partial charge is 0.358 e. The van der Waals surface area contributed by atoms with Crippen LogP contribution in [0.4, 0.5) is 5.82 Å². The lowest BCUT2D eigenvalue weighted by Gasteiger charge is -2.09. The number of rotatable bonds is 4. The molecular weight excluding hydrogens is 232 g/mol. The quantitative estimate of drug-likeness (QED) is 0.610. The Labute approximate surface area is 105 Å². The SMILES string of the molecule is CN(C)Cc1ccc(-n2ccc([N+](=O)[O-])n2)cc1. The van der Waals surface area contributed by atoms with E-state index in [4.69, 9.17) is 0 Å². The molecule has 94 valence electrons. The summed E-state index contributed by atoms with van der Waals surface area (Å²) in [5, 5.41) is 14.4. The molecule has 0 N–H and O–H groups in total. The molecule has 0 unspecified atom stereocenters. The average Bonchev–Trinajstić information content (AvgIpc) is 2.78. The summed E-state index contributed by atoms with van der Waals surface area (Å²) >= 11 is 0. The molecular formula is C12H14N4O2. The molecule has 0 fully saturated rings. The Morgan fingerprint density at radius 3 is 2.44 bits per heavy atom. The van der Waals surface area contributed by atoms with Gasteiger partial charge in [-0.25, -0.2) is 0 Å². The molecule has 1 aromatic carbocycles. The molecule has 1 heterocycles. The fraction of sp³-hybridized carbons (Fsp3) is 0.250. The van der Waals surface area contributed by atoms with Crippen molar-refractivity contribution in [2.75, 3.05) is 14.1 Å². The van der Waals surface area contributed by atoms with Crippen LogP contribution in [0.2, 0.25) is 0 Å². The van der Waals surface area contributed by atoms with Crippen molar-refractivity contribution >= 4 is 5.82 Å². The van der Waals surface area contributed by atoms with Gasteiger partial charge in [-0.1, -0.05) is 12.1 Å². The number of aromatic nitrogens is 2. The average molecular weight is 246 g/mol. The lowest BCUT2D eigenvalue weighted by molar-refractivity contribution is -0.389. The molecule has 0 bridgehead atoms. The second-order valence-electron chi connectivity index (χ2n) is 4.28. The number of benzene rings is 1. The summed E-state index contributed by atoms with van der Waals surface area (Å²) in [6, 6.07) is 9.16. The molecule has 6 nitrogen and oxygen atoms in total. The summed E-state index contributed by atoms with van der Waals surface area (Å²) in [6.07, 6.45) is 1.58. The van der Waals surface area contributed by atoms with Gasteiger partial charge >= 0.3 is 5.82 Å². The normalized spacial score (nSPS) is 10.8. The zero-order chi connectivity index (χ0) is 13.1. The first-order valence-corrected chi connectivity index (χ1v) is 5.50. The summed E-state index contributed by atoms with van der Waals surface area (Å²) in [4.78, 5) is 12.1. The first-order valence-electron chi connectivity index (χ1n) is 5.50. The zero-order valence-corrected chi connectivity index (χ0v) is 10.3. The summed E-state index contributed by atoms with van der Waals surface area (Å²) in [7, 11) is 4.01. The lowest BCUT2D eigenvalue weighted by atomic mass is 10.2. The molecule has 18 heavy (non-hydrogen) atoms. The van der Waals surface area contributed by atoms with Gasteiger partial charge in [0.2, 0.25) is 0 Å². The van der Waals surface area contributed by atoms with Crippen LogP contribution in [0.5, 0.6) is 0 Å². The van der Waals surface area contributed by atoms with Gasteiger partial charge in [-0.3, -0.25) is 0 Å². The molecule has 0 aliphatic heterocycles. The second-order valence-corrected chi connectivity index (χ2v) is 4.28. The number of nitrogens with zero attached hydrogens (tertiary/aromatic N) is 4. The van der Waals surface area contributed by atoms with Crippen LogP contribution in [0.3, 0.4) is 0 Å². The Hall–Kier alpha value is -2.21. The van der Waals surface area contributed by atoms with E-state index in [9.17, 15) is 10.1 Å². The van der Waals surface area contributed by atoms with Gasteiger partial charge in [-0.15, -0.1) is 4.68 Å². The third-order valence-corrected chi connectivity index (χ3v) is 2.46. The van der Waals surface area contributed by atoms with Crippen LogP contribution in [-0.2, 0) is 6.54 Å². The van der Waals surface area contributed by atoms with Crippen molar-refractivity contribution in [3.8, 4) is 5.69 Å². The number of hydrogen-bond acceptors (Lipinski definition) is 4. The topological polar surface area (TPSA) is 64.2 Å². The lowest BCUT2D eigenvalue weighted by Crippen LogP contribution is -2.10. The highest BCUT2D eigenvalue weighted by atomic mass is 16.6. The summed E-state index contributed by atoms with van der Waals surface area (Å²) in [5.41, 5.74) is 2.00. The minimum atomic E-state index is -0.503. The van der Waals surface area contributed by atoms with Crippen molar-refractivity contribution in [2.24, 2.45) is 0 Å². The van der Waals surface area contributed by atoms with Crippen molar-refractivity contribution in [2.45, 2.75) is 6.54 Å². The monoisotopic (exact) mass is 246 g/mol. The van der Waals surface area contributed by atoms with Crippen LogP contribution < -0.4 is 0 Å². The van der Waals surface area contributed by atoms with Gasteiger partial charge in [0.25, 0.3) is 0 Å². The first kappa shape index (κ1) is 12.3. The van der Waals surface area contributed by atoms with Crippen LogP contribution in [-0.4, -0.2) is 33.7 Å². The molecule has 0 aliphatic carbocycles. The predicted octanol–water partition coefficient (Wildman–Crippen LogP) is 1.84. The van der Waals surface area contributed by atoms with E-state index in [1.54, 1.807) is 6.20 Å². The highest BCUT2D eigenvalue weighted by Gasteiger charge is 2.11. The number of nitro groups is 1. The van der Waals surface area contributed by atoms with E-state index in [1.807, 2.05) is 38.4 Å². The fourth-order valence-electron chi connectivity index (χ4n) is 1.67. The molecule has 0 atom stereocenters. The van der Waals surface area contributed by atoms with Crippen LogP contribution in [0.1, 0.15) is 5.56 Å². The maximum atomic E-state index is 10.5. The van der Waals surface area contributed by atoms with Crippen LogP contribution >= 0.6 is 0 Å². The van der Waals surface area contributed by atoms with Crippen molar-refractivity contribution in [1.29, 1.82) is 0 Å². The maximum absolute atomic E-state index is 10.5. The first-order chi connectivity index (χ1) is 8.56. The van der Waals surface area contributed by atoms with E-state index in [1.165, 1.54) is 16.3 Å². The molecule has 0 saturated carbocycles. The third kappa shape index (κ3) is 2.72.